The van der Waals surface area contributed by atoms with Gasteiger partial charge in [0.15, 0.2) is 0 Å². The number of nitrogens with zero attached hydrogens (tertiary/aromatic N) is 1. The number of rotatable bonds is 16. The van der Waals surface area contributed by atoms with Crippen LogP contribution < -0.4 is 40.2 Å². The van der Waals surface area contributed by atoms with Crippen molar-refractivity contribution in [3.8, 4) is 23.0 Å². The Labute approximate surface area is 438 Å². The molecule has 74 heavy (non-hydrogen) atoms. The van der Waals surface area contributed by atoms with Crippen molar-refractivity contribution in [2.75, 3.05) is 26.4 Å². The van der Waals surface area contributed by atoms with E-state index >= 15 is 0 Å². The number of nitrogens with one attached hydrogen (secondary N) is 4. The van der Waals surface area contributed by atoms with Crippen molar-refractivity contribution in [3.63, 3.8) is 0 Å². The smallest absolute Gasteiger partial charge is 0.270 e. The molecule has 3 heterocycles. The number of amides is 4. The molecule has 0 radical (unpaired) electrons. The van der Waals surface area contributed by atoms with Crippen LogP contribution >= 0.6 is 0 Å². The molecule has 394 valence electrons. The highest BCUT2D eigenvalue weighted by Crippen LogP contribution is 2.40. The first-order chi connectivity index (χ1) is 35.8. The molecule has 4 aromatic carbocycles. The molecule has 3 aliphatic rings. The van der Waals surface area contributed by atoms with Crippen molar-refractivity contribution < 1.29 is 38.1 Å². The molecular formula is C61H77N5O8. The zero-order valence-corrected chi connectivity index (χ0v) is 44.8. The minimum atomic E-state index is -0.908. The van der Waals surface area contributed by atoms with Gasteiger partial charge in [-0.1, -0.05) is 97.9 Å². The predicted octanol–water partition coefficient (Wildman–Crippen LogP) is 10.1. The Morgan fingerprint density at radius 1 is 0.459 bits per heavy atom. The van der Waals surface area contributed by atoms with Crippen LogP contribution in [0.2, 0.25) is 0 Å². The van der Waals surface area contributed by atoms with Crippen LogP contribution in [0.4, 0.5) is 0 Å². The first kappa shape index (κ1) is 54.9. The number of carbonyl (C=O) groups is 4. The molecule has 1 aromatic heterocycles. The predicted molar refractivity (Wildman–Crippen MR) is 289 cm³/mol. The standard InChI is InChI=1S/C61H77N5O8/c1-9-22-71-54-42-16-13-17-43(54)33-47-29-41-31-49(57(47)74-25-12-4)35-45-19-14-18-44(55(45)72-23-10-2)34-48-30-40(28-46(32-42)56(48)73-24-11-3)36-62-58(67)52(26-38(5)6)65-60(69)50-20-15-21-51(64-50)61(70)66-53(27-39(7)8)59(68)63-37-41/h13-21,28-31,38-39,52-53H,9-12,22-27,32-37H2,1-8H3,(H,62,67)(H,63,68)(H,65,69)(H,66,70)/t52-,53+. The monoisotopic (exact) mass is 1010 g/mol. The van der Waals surface area contributed by atoms with Crippen LogP contribution in [0.25, 0.3) is 0 Å². The zero-order valence-electron chi connectivity index (χ0n) is 44.8. The Hall–Kier alpha value is -6.89. The van der Waals surface area contributed by atoms with Gasteiger partial charge in [0.25, 0.3) is 11.8 Å². The van der Waals surface area contributed by atoms with E-state index in [1.165, 1.54) is 12.1 Å². The maximum Gasteiger partial charge on any atom is 0.270 e. The third kappa shape index (κ3) is 14.2. The molecule has 1 aliphatic carbocycles. The molecule has 13 heteroatoms. The normalized spacial score (nSPS) is 16.3. The summed E-state index contributed by atoms with van der Waals surface area (Å²) in [5.41, 5.74) is 9.43. The molecule has 0 saturated heterocycles. The van der Waals surface area contributed by atoms with Gasteiger partial charge in [-0.25, -0.2) is 4.98 Å². The molecule has 2 atom stereocenters. The SMILES string of the molecule is CCCOc1c2cccc1Cc1cc3cc(c1OCCC)Cc1cccc(c1OCCC)Cc1cc(cc(c1OCCC)C2)CNC(=O)[C@H](CC(C)C)NC(=O)c1cccc(n1)C(=O)N[C@H](CC(C)C)C(=O)NC3. The lowest BCUT2D eigenvalue weighted by molar-refractivity contribution is -0.124. The number of pyridine rings is 1. The van der Waals surface area contributed by atoms with Crippen LogP contribution in [0.3, 0.4) is 0 Å². The van der Waals surface area contributed by atoms with E-state index in [0.717, 1.165) is 104 Å². The maximum atomic E-state index is 14.4. The van der Waals surface area contributed by atoms with E-state index < -0.39 is 23.9 Å². The molecule has 8 rings (SSSR count). The highest BCUT2D eigenvalue weighted by Gasteiger charge is 2.28. The number of fused-ring (bicyclic) bond motifs is 10. The molecule has 0 saturated carbocycles. The minimum absolute atomic E-state index is 0.0282. The first-order valence-electron chi connectivity index (χ1n) is 26.9. The van der Waals surface area contributed by atoms with Crippen LogP contribution in [0.15, 0.2) is 78.9 Å². The molecule has 2 aliphatic heterocycles. The van der Waals surface area contributed by atoms with Crippen LogP contribution in [0.1, 0.15) is 171 Å². The third-order valence-corrected chi connectivity index (χ3v) is 13.1. The van der Waals surface area contributed by atoms with E-state index in [1.807, 2.05) is 27.7 Å². The largest absolute Gasteiger partial charge is 0.493 e. The number of aromatic nitrogens is 1. The Morgan fingerprint density at radius 3 is 1.05 bits per heavy atom. The van der Waals surface area contributed by atoms with Gasteiger partial charge in [-0.15, -0.1) is 0 Å². The van der Waals surface area contributed by atoms with Gasteiger partial charge in [0.1, 0.15) is 46.5 Å². The number of benzene rings is 4. The minimum Gasteiger partial charge on any atom is -0.493 e. The van der Waals surface area contributed by atoms with Crippen LogP contribution in [0.5, 0.6) is 23.0 Å². The summed E-state index contributed by atoms with van der Waals surface area (Å²) in [5, 5.41) is 12.2. The molecule has 0 spiro atoms. The summed E-state index contributed by atoms with van der Waals surface area (Å²) in [6.45, 7) is 18.7. The van der Waals surface area contributed by atoms with Gasteiger partial charge >= 0.3 is 0 Å². The molecule has 0 unspecified atom stereocenters. The topological polar surface area (TPSA) is 166 Å². The highest BCUT2D eigenvalue weighted by molar-refractivity contribution is 5.99. The fraction of sp³-hybridized carbons (Fsp3) is 0.459. The Balaban J connectivity index is 1.49. The molecule has 4 N–H and O–H groups in total. The fourth-order valence-electron chi connectivity index (χ4n) is 9.78. The molecule has 13 nitrogen and oxygen atoms in total. The molecule has 4 amide bonds. The van der Waals surface area contributed by atoms with Gasteiger partial charge in [-0.3, -0.25) is 19.2 Å². The fourth-order valence-corrected chi connectivity index (χ4v) is 9.78. The number of para-hydroxylation sites is 2. The average molecular weight is 1010 g/mol. The Morgan fingerprint density at radius 2 is 0.757 bits per heavy atom. The number of hydrogen-bond acceptors (Lipinski definition) is 9. The van der Waals surface area contributed by atoms with Crippen LogP contribution in [-0.2, 0) is 48.4 Å². The molecule has 0 fully saturated rings. The van der Waals surface area contributed by atoms with Gasteiger partial charge in [0.05, 0.1) is 26.4 Å². The van der Waals surface area contributed by atoms with Crippen molar-refractivity contribution in [3.05, 3.63) is 146 Å². The highest BCUT2D eigenvalue weighted by atomic mass is 16.5. The van der Waals surface area contributed by atoms with Crippen molar-refractivity contribution in [2.45, 2.75) is 145 Å². The summed E-state index contributed by atoms with van der Waals surface area (Å²) in [4.78, 5) is 61.1. The lowest BCUT2D eigenvalue weighted by Gasteiger charge is -2.24. The van der Waals surface area contributed by atoms with E-state index in [4.69, 9.17) is 18.9 Å². The van der Waals surface area contributed by atoms with Crippen molar-refractivity contribution in [1.82, 2.24) is 26.3 Å². The third-order valence-electron chi connectivity index (χ3n) is 13.1. The van der Waals surface area contributed by atoms with Crippen molar-refractivity contribution in [1.29, 1.82) is 0 Å². The zero-order chi connectivity index (χ0) is 52.7. The quantitative estimate of drug-likeness (QED) is 0.0738. The summed E-state index contributed by atoms with van der Waals surface area (Å²) in [7, 11) is 0. The van der Waals surface area contributed by atoms with Crippen LogP contribution in [-0.4, -0.2) is 67.1 Å². The van der Waals surface area contributed by atoms with Gasteiger partial charge in [-0.2, -0.15) is 0 Å². The number of ether oxygens (including phenoxy) is 4. The molecule has 5 aromatic rings. The maximum absolute atomic E-state index is 14.4. The Kier molecular flexibility index (Phi) is 19.5. The van der Waals surface area contributed by atoms with E-state index in [9.17, 15) is 19.2 Å². The summed E-state index contributed by atoms with van der Waals surface area (Å²) in [6.07, 6.45) is 5.83. The first-order valence-corrected chi connectivity index (χ1v) is 26.9. The second-order valence-electron chi connectivity index (χ2n) is 20.6. The number of hydrogen-bond donors (Lipinski definition) is 4. The summed E-state index contributed by atoms with van der Waals surface area (Å²) >= 11 is 0. The van der Waals surface area contributed by atoms with E-state index in [2.05, 4.69) is 115 Å². The van der Waals surface area contributed by atoms with Gasteiger partial charge < -0.3 is 40.2 Å². The van der Waals surface area contributed by atoms with Crippen LogP contribution in [0, 0.1) is 11.8 Å². The van der Waals surface area contributed by atoms with Gasteiger partial charge in [-0.05, 0) is 142 Å². The molecule has 12 bridgehead atoms. The summed E-state index contributed by atoms with van der Waals surface area (Å²) in [5.74, 6) is 1.37. The van der Waals surface area contributed by atoms with Crippen molar-refractivity contribution >= 4 is 23.6 Å². The van der Waals surface area contributed by atoms with Crippen molar-refractivity contribution in [2.24, 2.45) is 11.8 Å². The Bertz CT molecular complexity index is 2500. The summed E-state index contributed by atoms with van der Waals surface area (Å²) < 4.78 is 27.1. The van der Waals surface area contributed by atoms with E-state index in [1.54, 1.807) is 6.07 Å². The second kappa shape index (κ2) is 26.4. The van der Waals surface area contributed by atoms with Gasteiger partial charge in [0, 0.05) is 38.8 Å². The average Bonchev–Trinajstić information content (AvgIpc) is 3.37. The lowest BCUT2D eigenvalue weighted by Crippen LogP contribution is -2.48. The van der Waals surface area contributed by atoms with Gasteiger partial charge in [0.2, 0.25) is 11.8 Å². The number of carbonyl (C=O) groups excluding carboxylic acids is 4. The second-order valence-corrected chi connectivity index (χ2v) is 20.6. The van der Waals surface area contributed by atoms with E-state index in [0.29, 0.717) is 65.0 Å². The lowest BCUT2D eigenvalue weighted by atomic mass is 9.89. The van der Waals surface area contributed by atoms with E-state index in [-0.39, 0.29) is 48.1 Å². The molecular weight excluding hydrogens is 931 g/mol. The summed E-state index contributed by atoms with van der Waals surface area (Å²) in [6, 6.07) is 23.9.